The Balaban J connectivity index is 0.00000192. The number of nitrogens with one attached hydrogen (secondary N) is 2. The number of hydrogen-bond donors (Lipinski definition) is 2. The number of guanidine groups is 1. The van der Waals surface area contributed by atoms with E-state index in [0.29, 0.717) is 23.7 Å². The van der Waals surface area contributed by atoms with E-state index in [2.05, 4.69) is 24.5 Å². The summed E-state index contributed by atoms with van der Waals surface area (Å²) in [6, 6.07) is 0.440. The molecule has 0 aromatic heterocycles. The molecular weight excluding hydrogens is 405 g/mol. The second-order valence-corrected chi connectivity index (χ2v) is 7.00. The molecule has 23 heavy (non-hydrogen) atoms. The molecule has 2 heterocycles. The zero-order valence-electron chi connectivity index (χ0n) is 14.5. The van der Waals surface area contributed by atoms with Gasteiger partial charge >= 0.3 is 0 Å². The standard InChI is InChI=1S/C17H31N3O2.HI/c1-3-18-16(20-14-11-13-5-6-15(14)22-13)19-12-17(7-8-17)9-10-21-4-2;/h13-15H,3-12H2,1-2H3,(H2,18,19,20);1H. The molecule has 0 spiro atoms. The summed E-state index contributed by atoms with van der Waals surface area (Å²) in [5.74, 6) is 0.964. The Morgan fingerprint density at radius 2 is 2.13 bits per heavy atom. The van der Waals surface area contributed by atoms with Crippen LogP contribution in [-0.4, -0.2) is 50.5 Å². The first-order chi connectivity index (χ1) is 10.7. The SMILES string of the molecule is CCNC(=NCC1(CCOCC)CC1)NC1CC2CCC1O2.I. The van der Waals surface area contributed by atoms with Crippen molar-refractivity contribution in [2.45, 2.75) is 70.6 Å². The van der Waals surface area contributed by atoms with Crippen molar-refractivity contribution in [3.8, 4) is 0 Å². The largest absolute Gasteiger partial charge is 0.382 e. The van der Waals surface area contributed by atoms with Gasteiger partial charge in [0.25, 0.3) is 0 Å². The molecule has 2 saturated heterocycles. The molecule has 3 unspecified atom stereocenters. The molecule has 3 fully saturated rings. The van der Waals surface area contributed by atoms with Crippen molar-refractivity contribution in [3.63, 3.8) is 0 Å². The van der Waals surface area contributed by atoms with Crippen LogP contribution in [0.2, 0.25) is 0 Å². The van der Waals surface area contributed by atoms with Crippen molar-refractivity contribution >= 4 is 29.9 Å². The van der Waals surface area contributed by atoms with Crippen LogP contribution in [0.5, 0.6) is 0 Å². The first-order valence-electron chi connectivity index (χ1n) is 9.03. The van der Waals surface area contributed by atoms with Gasteiger partial charge in [-0.1, -0.05) is 0 Å². The summed E-state index contributed by atoms with van der Waals surface area (Å²) in [6.45, 7) is 7.68. The molecule has 0 aromatic rings. The fraction of sp³-hybridized carbons (Fsp3) is 0.941. The molecule has 2 N–H and O–H groups in total. The van der Waals surface area contributed by atoms with Gasteiger partial charge in [-0.05, 0) is 57.8 Å². The van der Waals surface area contributed by atoms with E-state index in [1.807, 2.05) is 0 Å². The van der Waals surface area contributed by atoms with Crippen LogP contribution >= 0.6 is 24.0 Å². The molecule has 134 valence electrons. The number of nitrogens with zero attached hydrogens (tertiary/aromatic N) is 1. The highest BCUT2D eigenvalue weighted by Gasteiger charge is 2.43. The summed E-state index contributed by atoms with van der Waals surface area (Å²) in [6.07, 6.45) is 8.15. The number of fused-ring (bicyclic) bond motifs is 2. The van der Waals surface area contributed by atoms with Gasteiger partial charge in [-0.2, -0.15) is 0 Å². The van der Waals surface area contributed by atoms with Crippen LogP contribution in [0.25, 0.3) is 0 Å². The topological polar surface area (TPSA) is 54.9 Å². The van der Waals surface area contributed by atoms with Crippen LogP contribution < -0.4 is 10.6 Å². The quantitative estimate of drug-likeness (QED) is 0.265. The normalized spacial score (nSPS) is 30.9. The van der Waals surface area contributed by atoms with Gasteiger partial charge in [-0.3, -0.25) is 4.99 Å². The van der Waals surface area contributed by atoms with Crippen molar-refractivity contribution in [1.82, 2.24) is 10.6 Å². The van der Waals surface area contributed by atoms with Crippen LogP contribution in [0.15, 0.2) is 4.99 Å². The van der Waals surface area contributed by atoms with Gasteiger partial charge in [0.1, 0.15) is 0 Å². The van der Waals surface area contributed by atoms with Crippen LogP contribution in [0.4, 0.5) is 0 Å². The molecule has 3 aliphatic rings. The van der Waals surface area contributed by atoms with Gasteiger partial charge in [0, 0.05) is 26.3 Å². The molecule has 5 nitrogen and oxygen atoms in total. The molecule has 1 saturated carbocycles. The first-order valence-corrected chi connectivity index (χ1v) is 9.03. The molecule has 2 aliphatic heterocycles. The average Bonchev–Trinajstić information content (AvgIpc) is 2.97. The zero-order chi connectivity index (χ0) is 15.4. The van der Waals surface area contributed by atoms with Gasteiger partial charge in [0.05, 0.1) is 18.2 Å². The molecular formula is C17H32IN3O2. The Morgan fingerprint density at radius 3 is 2.70 bits per heavy atom. The molecule has 1 aliphatic carbocycles. The second kappa shape index (κ2) is 8.85. The van der Waals surface area contributed by atoms with Gasteiger partial charge in [-0.25, -0.2) is 0 Å². The van der Waals surface area contributed by atoms with Crippen molar-refractivity contribution in [1.29, 1.82) is 0 Å². The Bertz CT molecular complexity index is 401. The minimum absolute atomic E-state index is 0. The highest BCUT2D eigenvalue weighted by Crippen LogP contribution is 2.49. The fourth-order valence-electron chi connectivity index (χ4n) is 3.63. The van der Waals surface area contributed by atoms with Crippen LogP contribution in [0.3, 0.4) is 0 Å². The summed E-state index contributed by atoms with van der Waals surface area (Å²) in [7, 11) is 0. The lowest BCUT2D eigenvalue weighted by Crippen LogP contribution is -2.47. The lowest BCUT2D eigenvalue weighted by Gasteiger charge is -2.23. The predicted octanol–water partition coefficient (Wildman–Crippen LogP) is 2.69. The van der Waals surface area contributed by atoms with Crippen molar-refractivity contribution in [3.05, 3.63) is 0 Å². The smallest absolute Gasteiger partial charge is 0.191 e. The van der Waals surface area contributed by atoms with Crippen LogP contribution in [-0.2, 0) is 9.47 Å². The van der Waals surface area contributed by atoms with Crippen molar-refractivity contribution in [2.24, 2.45) is 10.4 Å². The maximum atomic E-state index is 5.93. The van der Waals surface area contributed by atoms with E-state index in [1.54, 1.807) is 0 Å². The third kappa shape index (κ3) is 5.19. The Hall–Kier alpha value is -0.0800. The van der Waals surface area contributed by atoms with Crippen LogP contribution in [0.1, 0.15) is 52.4 Å². The molecule has 3 rings (SSSR count). The van der Waals surface area contributed by atoms with Crippen LogP contribution in [0, 0.1) is 5.41 Å². The van der Waals surface area contributed by atoms with E-state index < -0.39 is 0 Å². The lowest BCUT2D eigenvalue weighted by atomic mass is 9.96. The van der Waals surface area contributed by atoms with Gasteiger partial charge < -0.3 is 20.1 Å². The molecule has 6 heteroatoms. The number of ether oxygens (including phenoxy) is 2. The van der Waals surface area contributed by atoms with E-state index >= 15 is 0 Å². The van der Waals surface area contributed by atoms with Crippen molar-refractivity contribution < 1.29 is 9.47 Å². The highest BCUT2D eigenvalue weighted by atomic mass is 127. The number of aliphatic imine (C=N–C) groups is 1. The van der Waals surface area contributed by atoms with Crippen molar-refractivity contribution in [2.75, 3.05) is 26.3 Å². The van der Waals surface area contributed by atoms with Gasteiger partial charge in [-0.15, -0.1) is 24.0 Å². The minimum atomic E-state index is 0. The zero-order valence-corrected chi connectivity index (χ0v) is 16.8. The van der Waals surface area contributed by atoms with E-state index in [0.717, 1.165) is 45.1 Å². The van der Waals surface area contributed by atoms with Gasteiger partial charge in [0.2, 0.25) is 0 Å². The highest BCUT2D eigenvalue weighted by molar-refractivity contribution is 14.0. The summed E-state index contributed by atoms with van der Waals surface area (Å²) < 4.78 is 11.4. The Kier molecular flexibility index (Phi) is 7.41. The molecule has 3 atom stereocenters. The Labute approximate surface area is 157 Å². The monoisotopic (exact) mass is 437 g/mol. The summed E-state index contributed by atoms with van der Waals surface area (Å²) >= 11 is 0. The summed E-state index contributed by atoms with van der Waals surface area (Å²) in [5, 5.41) is 6.99. The number of hydrogen-bond acceptors (Lipinski definition) is 3. The maximum Gasteiger partial charge on any atom is 0.191 e. The fourth-order valence-corrected chi connectivity index (χ4v) is 3.63. The lowest BCUT2D eigenvalue weighted by molar-refractivity contribution is 0.0992. The minimum Gasteiger partial charge on any atom is -0.382 e. The molecule has 2 bridgehead atoms. The molecule has 0 amide bonds. The molecule has 0 radical (unpaired) electrons. The van der Waals surface area contributed by atoms with E-state index in [9.17, 15) is 0 Å². The predicted molar refractivity (Wildman–Crippen MR) is 104 cm³/mol. The Morgan fingerprint density at radius 1 is 1.30 bits per heavy atom. The van der Waals surface area contributed by atoms with Gasteiger partial charge in [0.15, 0.2) is 5.96 Å². The van der Waals surface area contributed by atoms with E-state index in [1.165, 1.54) is 25.7 Å². The maximum absolute atomic E-state index is 5.93. The third-order valence-corrected chi connectivity index (χ3v) is 5.28. The first kappa shape index (κ1) is 19.2. The summed E-state index contributed by atoms with van der Waals surface area (Å²) in [5.41, 5.74) is 0.405. The second-order valence-electron chi connectivity index (χ2n) is 7.00. The summed E-state index contributed by atoms with van der Waals surface area (Å²) in [4.78, 5) is 4.86. The average molecular weight is 437 g/mol. The number of rotatable bonds is 8. The van der Waals surface area contributed by atoms with E-state index in [4.69, 9.17) is 14.5 Å². The number of halogens is 1. The third-order valence-electron chi connectivity index (χ3n) is 5.28. The van der Waals surface area contributed by atoms with E-state index in [-0.39, 0.29) is 24.0 Å². The molecule has 0 aromatic carbocycles.